The summed E-state index contributed by atoms with van der Waals surface area (Å²) in [4.78, 5) is 24.0. The van der Waals surface area contributed by atoms with Gasteiger partial charge in [-0.1, -0.05) is 18.2 Å². The van der Waals surface area contributed by atoms with Crippen LogP contribution in [0.5, 0.6) is 0 Å². The van der Waals surface area contributed by atoms with Gasteiger partial charge in [-0.05, 0) is 24.6 Å². The molecule has 2 aromatic rings. The molecule has 0 amide bonds. The predicted molar refractivity (Wildman–Crippen MR) is 106 cm³/mol. The number of nitrogens with zero attached hydrogens (tertiary/aromatic N) is 5. The smallest absolute Gasteiger partial charge is 0.269 e. The van der Waals surface area contributed by atoms with Crippen molar-refractivity contribution in [1.82, 2.24) is 15.2 Å². The summed E-state index contributed by atoms with van der Waals surface area (Å²) in [5.74, 6) is 1.88. The predicted octanol–water partition coefficient (Wildman–Crippen LogP) is 2.28. The summed E-state index contributed by atoms with van der Waals surface area (Å²) in [5, 5.41) is 14.1. The van der Waals surface area contributed by atoms with Crippen LogP contribution < -0.4 is 10.2 Å². The van der Waals surface area contributed by atoms with Crippen molar-refractivity contribution < 1.29 is 4.92 Å². The number of nitrogens with one attached hydrogen (secondary N) is 1. The summed E-state index contributed by atoms with van der Waals surface area (Å²) in [6.07, 6.45) is 1.82. The van der Waals surface area contributed by atoms with Crippen LogP contribution in [-0.4, -0.2) is 53.5 Å². The molecule has 1 aromatic carbocycles. The number of nitro groups is 1. The van der Waals surface area contributed by atoms with Gasteiger partial charge in [-0.3, -0.25) is 10.1 Å². The molecule has 1 aliphatic rings. The Labute approximate surface area is 158 Å². The maximum atomic E-state index is 10.8. The third-order valence-corrected chi connectivity index (χ3v) is 4.45. The molecule has 27 heavy (non-hydrogen) atoms. The van der Waals surface area contributed by atoms with Crippen LogP contribution in [0.3, 0.4) is 0 Å². The molecule has 0 spiro atoms. The van der Waals surface area contributed by atoms with E-state index in [2.05, 4.69) is 20.1 Å². The van der Waals surface area contributed by atoms with Crippen molar-refractivity contribution in [2.45, 2.75) is 13.5 Å². The number of aliphatic imine (C=N–C) groups is 1. The summed E-state index contributed by atoms with van der Waals surface area (Å²) < 4.78 is 0. The number of aromatic nitrogens is 1. The van der Waals surface area contributed by atoms with Crippen molar-refractivity contribution >= 4 is 17.5 Å². The van der Waals surface area contributed by atoms with Crippen LogP contribution in [0.1, 0.15) is 12.5 Å². The highest BCUT2D eigenvalue weighted by molar-refractivity contribution is 5.80. The highest BCUT2D eigenvalue weighted by atomic mass is 16.6. The lowest BCUT2D eigenvalue weighted by molar-refractivity contribution is -0.384. The molecule has 1 aliphatic heterocycles. The van der Waals surface area contributed by atoms with Crippen LogP contribution in [0, 0.1) is 10.1 Å². The lowest BCUT2D eigenvalue weighted by atomic mass is 10.2. The Morgan fingerprint density at radius 1 is 1.19 bits per heavy atom. The Balaban J connectivity index is 1.61. The van der Waals surface area contributed by atoms with Crippen LogP contribution in [0.25, 0.3) is 0 Å². The molecule has 1 fully saturated rings. The van der Waals surface area contributed by atoms with Gasteiger partial charge in [0.25, 0.3) is 5.69 Å². The minimum absolute atomic E-state index is 0.0975. The van der Waals surface area contributed by atoms with Gasteiger partial charge in [-0.25, -0.2) is 9.98 Å². The molecule has 3 rings (SSSR count). The van der Waals surface area contributed by atoms with E-state index in [4.69, 9.17) is 4.99 Å². The molecule has 0 atom stereocenters. The molecule has 0 aliphatic carbocycles. The molecule has 2 heterocycles. The minimum atomic E-state index is -0.391. The number of rotatable bonds is 5. The van der Waals surface area contributed by atoms with E-state index >= 15 is 0 Å². The molecular weight excluding hydrogens is 344 g/mol. The molecule has 8 nitrogen and oxygen atoms in total. The number of benzene rings is 1. The lowest BCUT2D eigenvalue weighted by Gasteiger charge is -2.37. The highest BCUT2D eigenvalue weighted by Crippen LogP contribution is 2.14. The van der Waals surface area contributed by atoms with Crippen molar-refractivity contribution in [3.8, 4) is 0 Å². The SMILES string of the molecule is CCNC(=NCc1ccc([N+](=O)[O-])cc1)N1CCN(c2ccccn2)CC1. The summed E-state index contributed by atoms with van der Waals surface area (Å²) in [7, 11) is 0. The Bertz CT molecular complexity index is 771. The van der Waals surface area contributed by atoms with Gasteiger partial charge in [-0.2, -0.15) is 0 Å². The van der Waals surface area contributed by atoms with Gasteiger partial charge >= 0.3 is 0 Å². The summed E-state index contributed by atoms with van der Waals surface area (Å²) in [6, 6.07) is 12.5. The molecule has 0 unspecified atom stereocenters. The van der Waals surface area contributed by atoms with Gasteiger partial charge in [-0.15, -0.1) is 0 Å². The van der Waals surface area contributed by atoms with Crippen molar-refractivity contribution in [3.63, 3.8) is 0 Å². The molecule has 1 aromatic heterocycles. The first kappa shape index (κ1) is 18.6. The normalized spacial score (nSPS) is 14.9. The first-order valence-corrected chi connectivity index (χ1v) is 9.10. The molecule has 0 bridgehead atoms. The molecule has 8 heteroatoms. The number of hydrogen-bond acceptors (Lipinski definition) is 5. The number of pyridine rings is 1. The van der Waals surface area contributed by atoms with E-state index in [1.54, 1.807) is 12.1 Å². The van der Waals surface area contributed by atoms with Crippen LogP contribution >= 0.6 is 0 Å². The second-order valence-corrected chi connectivity index (χ2v) is 6.26. The fourth-order valence-corrected chi connectivity index (χ4v) is 3.00. The number of guanidine groups is 1. The van der Waals surface area contributed by atoms with E-state index in [0.29, 0.717) is 6.54 Å². The zero-order valence-electron chi connectivity index (χ0n) is 15.4. The zero-order chi connectivity index (χ0) is 19.1. The Hall–Kier alpha value is -3.16. The monoisotopic (exact) mass is 368 g/mol. The van der Waals surface area contributed by atoms with Gasteiger partial charge in [0.1, 0.15) is 5.82 Å². The first-order chi connectivity index (χ1) is 13.2. The van der Waals surface area contributed by atoms with Crippen LogP contribution in [0.4, 0.5) is 11.5 Å². The average molecular weight is 368 g/mol. The van der Waals surface area contributed by atoms with Gasteiger partial charge < -0.3 is 15.1 Å². The van der Waals surface area contributed by atoms with E-state index in [9.17, 15) is 10.1 Å². The van der Waals surface area contributed by atoms with Crippen LogP contribution in [-0.2, 0) is 6.54 Å². The number of hydrogen-bond donors (Lipinski definition) is 1. The Kier molecular flexibility index (Phi) is 6.19. The fourth-order valence-electron chi connectivity index (χ4n) is 3.00. The van der Waals surface area contributed by atoms with Gasteiger partial charge in [0.15, 0.2) is 5.96 Å². The highest BCUT2D eigenvalue weighted by Gasteiger charge is 2.20. The molecule has 142 valence electrons. The molecule has 1 N–H and O–H groups in total. The fraction of sp³-hybridized carbons (Fsp3) is 0.368. The maximum absolute atomic E-state index is 10.8. The van der Waals surface area contributed by atoms with Gasteiger partial charge in [0.05, 0.1) is 11.5 Å². The van der Waals surface area contributed by atoms with Crippen molar-refractivity contribution in [1.29, 1.82) is 0 Å². The van der Waals surface area contributed by atoms with Gasteiger partial charge in [0, 0.05) is 51.1 Å². The topological polar surface area (TPSA) is 86.9 Å². The second kappa shape index (κ2) is 8.98. The molecular formula is C19H24N6O2. The van der Waals surface area contributed by atoms with E-state index in [1.807, 2.05) is 31.3 Å². The third-order valence-electron chi connectivity index (χ3n) is 4.45. The molecule has 1 saturated heterocycles. The average Bonchev–Trinajstić information content (AvgIpc) is 2.72. The van der Waals surface area contributed by atoms with E-state index in [1.165, 1.54) is 12.1 Å². The lowest BCUT2D eigenvalue weighted by Crippen LogP contribution is -2.52. The summed E-state index contributed by atoms with van der Waals surface area (Å²) >= 11 is 0. The summed E-state index contributed by atoms with van der Waals surface area (Å²) in [5.41, 5.74) is 1.04. The minimum Gasteiger partial charge on any atom is -0.357 e. The van der Waals surface area contributed by atoms with E-state index in [-0.39, 0.29) is 5.69 Å². The van der Waals surface area contributed by atoms with Gasteiger partial charge in [0.2, 0.25) is 0 Å². The third kappa shape index (κ3) is 4.93. The van der Waals surface area contributed by atoms with Crippen molar-refractivity contribution in [2.24, 2.45) is 4.99 Å². The second-order valence-electron chi connectivity index (χ2n) is 6.26. The number of piperazine rings is 1. The van der Waals surface area contributed by atoms with Crippen LogP contribution in [0.15, 0.2) is 53.7 Å². The van der Waals surface area contributed by atoms with E-state index in [0.717, 1.165) is 50.1 Å². The number of non-ortho nitro benzene ring substituents is 1. The first-order valence-electron chi connectivity index (χ1n) is 9.10. The Morgan fingerprint density at radius 3 is 2.52 bits per heavy atom. The Morgan fingerprint density at radius 2 is 1.93 bits per heavy atom. The molecule has 0 radical (unpaired) electrons. The molecule has 0 saturated carbocycles. The van der Waals surface area contributed by atoms with Crippen molar-refractivity contribution in [2.75, 3.05) is 37.6 Å². The summed E-state index contributed by atoms with van der Waals surface area (Å²) in [6.45, 7) is 6.83. The zero-order valence-corrected chi connectivity index (χ0v) is 15.4. The maximum Gasteiger partial charge on any atom is 0.269 e. The quantitative estimate of drug-likeness (QED) is 0.377. The van der Waals surface area contributed by atoms with Crippen molar-refractivity contribution in [3.05, 3.63) is 64.3 Å². The number of nitro benzene ring substituents is 1. The van der Waals surface area contributed by atoms with E-state index < -0.39 is 4.92 Å². The number of anilines is 1. The van der Waals surface area contributed by atoms with Crippen LogP contribution in [0.2, 0.25) is 0 Å². The largest absolute Gasteiger partial charge is 0.357 e. The standard InChI is InChI=1S/C19H24N6O2/c1-2-20-19(22-15-16-6-8-17(9-7-16)25(26)27)24-13-11-23(12-14-24)18-5-3-4-10-21-18/h3-10H,2,11-15H2,1H3,(H,20,22).